The molecular formula is C96H68BN3Si2. The lowest BCUT2D eigenvalue weighted by Crippen LogP contribution is -2.75. The fourth-order valence-corrected chi connectivity index (χ4v) is 26.8. The second kappa shape index (κ2) is 25.3. The molecule has 0 unspecified atom stereocenters. The normalized spacial score (nSPS) is 12.5. The van der Waals surface area contributed by atoms with E-state index in [1.165, 1.54) is 96.4 Å². The number of benzene rings is 16. The number of rotatable bonds is 14. The van der Waals surface area contributed by atoms with Crippen LogP contribution >= 0.6 is 0 Å². The molecule has 0 N–H and O–H groups in total. The van der Waals surface area contributed by atoms with E-state index in [0.29, 0.717) is 0 Å². The number of hydrogen-bond acceptors (Lipinski definition) is 2. The third-order valence-electron chi connectivity index (χ3n) is 21.6. The Labute approximate surface area is 598 Å². The summed E-state index contributed by atoms with van der Waals surface area (Å²) >= 11 is 0. The van der Waals surface area contributed by atoms with E-state index < -0.39 is 16.1 Å². The Morgan fingerprint density at radius 3 is 1.03 bits per heavy atom. The smallest absolute Gasteiger partial charge is 0.252 e. The molecule has 102 heavy (non-hydrogen) atoms. The number of anilines is 6. The van der Waals surface area contributed by atoms with Gasteiger partial charge in [0.2, 0.25) is 0 Å². The standard InChI is InChI=1S/C96H68BN3Si2/c1-9-32-69(33-10-1)71-36-29-39-76(62-71)100-93-68-85(102(81-47-19-6-20-48-81,82-49-21-7-22-50-82)83-51-23-8-24-52-83)59-60-88(93)97-89-64-73(70-34-11-2-12-35-70)58-61-92(89)99(77-40-31-53-84(67-77)101(78-41-13-3-14-42-78,79-43-15-4-16-44-79)80-45-17-5-18-46-80)94-65-74(66-95(100)96(94)97)72-37-30-38-75(63-72)98-90-56-27-25-54-86(90)87-55-26-28-57-91(87)98/h1-68H. The van der Waals surface area contributed by atoms with E-state index in [4.69, 9.17) is 0 Å². The van der Waals surface area contributed by atoms with Crippen molar-refractivity contribution in [3.8, 4) is 39.1 Å². The number of nitrogens with zero attached hydrogens (tertiary/aromatic N) is 3. The van der Waals surface area contributed by atoms with Crippen LogP contribution in [0.1, 0.15) is 0 Å². The van der Waals surface area contributed by atoms with Crippen molar-refractivity contribution < 1.29 is 0 Å². The van der Waals surface area contributed by atoms with Crippen LogP contribution in [0.5, 0.6) is 0 Å². The van der Waals surface area contributed by atoms with E-state index in [2.05, 4.69) is 427 Å². The van der Waals surface area contributed by atoms with E-state index in [9.17, 15) is 0 Å². The minimum absolute atomic E-state index is 0.212. The van der Waals surface area contributed by atoms with Crippen LogP contribution in [0.4, 0.5) is 34.1 Å². The van der Waals surface area contributed by atoms with Crippen molar-refractivity contribution in [3.05, 3.63) is 413 Å². The van der Waals surface area contributed by atoms with Gasteiger partial charge in [-0.1, -0.05) is 340 Å². The van der Waals surface area contributed by atoms with Crippen molar-refractivity contribution in [3.63, 3.8) is 0 Å². The molecule has 0 saturated carbocycles. The molecule has 17 aromatic rings. The van der Waals surface area contributed by atoms with Crippen molar-refractivity contribution >= 4 is 137 Å². The first-order chi connectivity index (χ1) is 50.6. The van der Waals surface area contributed by atoms with Gasteiger partial charge in [-0.25, -0.2) is 0 Å². The van der Waals surface area contributed by atoms with Crippen molar-refractivity contribution in [2.45, 2.75) is 0 Å². The zero-order valence-electron chi connectivity index (χ0n) is 56.2. The van der Waals surface area contributed by atoms with Gasteiger partial charge in [-0.3, -0.25) is 0 Å². The van der Waals surface area contributed by atoms with E-state index in [0.717, 1.165) is 56.5 Å². The molecule has 19 rings (SSSR count). The molecule has 0 amide bonds. The summed E-state index contributed by atoms with van der Waals surface area (Å²) in [6, 6.07) is 156. The quantitative estimate of drug-likeness (QED) is 0.0794. The first-order valence-corrected chi connectivity index (χ1v) is 39.4. The van der Waals surface area contributed by atoms with E-state index >= 15 is 0 Å². The van der Waals surface area contributed by atoms with Crippen LogP contribution in [0.15, 0.2) is 413 Å². The van der Waals surface area contributed by atoms with Crippen LogP contribution in [0.2, 0.25) is 0 Å². The highest BCUT2D eigenvalue weighted by atomic mass is 28.3. The molecule has 0 saturated heterocycles. The maximum absolute atomic E-state index is 3.12. The summed E-state index contributed by atoms with van der Waals surface area (Å²) in [5.41, 5.74) is 20.9. The van der Waals surface area contributed by atoms with Gasteiger partial charge in [-0.15, -0.1) is 0 Å². The van der Waals surface area contributed by atoms with Crippen molar-refractivity contribution in [1.82, 2.24) is 4.57 Å². The minimum Gasteiger partial charge on any atom is -0.311 e. The zero-order chi connectivity index (χ0) is 67.6. The van der Waals surface area contributed by atoms with Gasteiger partial charge in [-0.2, -0.15) is 0 Å². The molecule has 0 aliphatic carbocycles. The summed E-state index contributed by atoms with van der Waals surface area (Å²) < 4.78 is 2.45. The molecule has 16 aromatic carbocycles. The van der Waals surface area contributed by atoms with Gasteiger partial charge in [0.25, 0.3) is 6.71 Å². The summed E-state index contributed by atoms with van der Waals surface area (Å²) in [6.07, 6.45) is 0. The average Bonchev–Trinajstić information content (AvgIpc) is 0.775. The molecule has 478 valence electrons. The van der Waals surface area contributed by atoms with E-state index in [1.807, 2.05) is 0 Å². The Morgan fingerprint density at radius 2 is 0.549 bits per heavy atom. The lowest BCUT2D eigenvalue weighted by molar-refractivity contribution is 1.18. The summed E-state index contributed by atoms with van der Waals surface area (Å²) in [4.78, 5) is 5.29. The Bertz CT molecular complexity index is 5710. The van der Waals surface area contributed by atoms with Crippen LogP contribution in [0.3, 0.4) is 0 Å². The van der Waals surface area contributed by atoms with Crippen LogP contribution in [-0.4, -0.2) is 27.4 Å². The molecule has 6 heteroatoms. The molecule has 0 bridgehead atoms. The van der Waals surface area contributed by atoms with Gasteiger partial charge in [0, 0.05) is 50.6 Å². The molecular weight excluding hydrogens is 1260 g/mol. The summed E-state index contributed by atoms with van der Waals surface area (Å²) in [5.74, 6) is 0. The first kappa shape index (κ1) is 60.6. The van der Waals surface area contributed by atoms with Crippen LogP contribution in [0, 0.1) is 0 Å². The lowest BCUT2D eigenvalue weighted by atomic mass is 9.33. The van der Waals surface area contributed by atoms with Gasteiger partial charge in [0.05, 0.1) is 11.0 Å². The number of para-hydroxylation sites is 2. The van der Waals surface area contributed by atoms with Gasteiger partial charge in [0.15, 0.2) is 16.1 Å². The van der Waals surface area contributed by atoms with Crippen LogP contribution in [0.25, 0.3) is 60.9 Å². The van der Waals surface area contributed by atoms with Gasteiger partial charge in [0.1, 0.15) is 0 Å². The van der Waals surface area contributed by atoms with Crippen molar-refractivity contribution in [2.24, 2.45) is 0 Å². The molecule has 3 heterocycles. The fourth-order valence-electron chi connectivity index (χ4n) is 17.3. The van der Waals surface area contributed by atoms with E-state index in [-0.39, 0.29) is 6.71 Å². The van der Waals surface area contributed by atoms with Crippen LogP contribution < -0.4 is 67.7 Å². The molecule has 2 aliphatic heterocycles. The number of aromatic nitrogens is 1. The third kappa shape index (κ3) is 9.85. The highest BCUT2D eigenvalue weighted by molar-refractivity contribution is 7.20. The SMILES string of the molecule is c1ccc(-c2cccc(N3c4cc([Si](c5ccccc5)(c5ccccc5)c5ccccc5)ccc4B4c5cc(-c6ccccc6)ccc5N(c5cccc([Si](c6ccccc6)(c6ccccc6)c6ccccc6)c5)c5cc(-c6cccc(-n7c8ccccc8c8ccccc87)c6)cc3c54)c2)cc1. The maximum atomic E-state index is 2.65. The summed E-state index contributed by atoms with van der Waals surface area (Å²) in [7, 11) is -6.17. The summed E-state index contributed by atoms with van der Waals surface area (Å²) in [6.45, 7) is -0.212. The van der Waals surface area contributed by atoms with Gasteiger partial charge >= 0.3 is 0 Å². The largest absolute Gasteiger partial charge is 0.311 e. The highest BCUT2D eigenvalue weighted by Crippen LogP contribution is 2.48. The third-order valence-corrected chi connectivity index (χ3v) is 31.2. The van der Waals surface area contributed by atoms with Gasteiger partial charge < -0.3 is 14.4 Å². The fraction of sp³-hybridized carbons (Fsp3) is 0. The average molecular weight is 1330 g/mol. The van der Waals surface area contributed by atoms with Crippen molar-refractivity contribution in [1.29, 1.82) is 0 Å². The predicted molar refractivity (Wildman–Crippen MR) is 438 cm³/mol. The second-order valence-corrected chi connectivity index (χ2v) is 34.6. The number of hydrogen-bond donors (Lipinski definition) is 0. The molecule has 0 atom stereocenters. The second-order valence-electron chi connectivity index (χ2n) is 27.0. The minimum atomic E-state index is -3.12. The van der Waals surface area contributed by atoms with Gasteiger partial charge in [-0.05, 0) is 164 Å². The van der Waals surface area contributed by atoms with E-state index in [1.54, 1.807) is 0 Å². The molecule has 2 aliphatic rings. The Balaban J connectivity index is 0.940. The molecule has 3 nitrogen and oxygen atoms in total. The van der Waals surface area contributed by atoms with Crippen LogP contribution in [-0.2, 0) is 0 Å². The summed E-state index contributed by atoms with van der Waals surface area (Å²) in [5, 5.41) is 13.1. The lowest BCUT2D eigenvalue weighted by Gasteiger charge is -2.45. The predicted octanol–water partition coefficient (Wildman–Crippen LogP) is 16.6. The number of fused-ring (bicyclic) bond motifs is 7. The van der Waals surface area contributed by atoms with Crippen molar-refractivity contribution in [2.75, 3.05) is 9.80 Å². The highest BCUT2D eigenvalue weighted by Gasteiger charge is 2.48. The molecule has 0 fully saturated rings. The Kier molecular flexibility index (Phi) is 15.0. The Hall–Kier alpha value is -12.6. The first-order valence-electron chi connectivity index (χ1n) is 35.4. The zero-order valence-corrected chi connectivity index (χ0v) is 58.2. The molecule has 0 spiro atoms. The maximum Gasteiger partial charge on any atom is 0.252 e. The monoisotopic (exact) mass is 1330 g/mol. The molecule has 1 aromatic heterocycles. The Morgan fingerprint density at radius 1 is 0.196 bits per heavy atom. The molecule has 0 radical (unpaired) electrons. The topological polar surface area (TPSA) is 11.4 Å².